The van der Waals surface area contributed by atoms with Crippen molar-refractivity contribution in [1.82, 2.24) is 10.4 Å². The van der Waals surface area contributed by atoms with Crippen molar-refractivity contribution < 1.29 is 19.8 Å². The van der Waals surface area contributed by atoms with E-state index in [2.05, 4.69) is 31.9 Å². The largest absolute Gasteiger partial charge is 0.479 e. The molecule has 8 heteroatoms. The Bertz CT molecular complexity index is 488. The molecule has 0 aromatic carbocycles. The summed E-state index contributed by atoms with van der Waals surface area (Å²) in [5.41, 5.74) is 7.21. The van der Waals surface area contributed by atoms with E-state index in [1.165, 1.54) is 0 Å². The Morgan fingerprint density at radius 2 is 1.93 bits per heavy atom. The second-order valence-electron chi connectivity index (χ2n) is 7.32. The summed E-state index contributed by atoms with van der Waals surface area (Å²) in [6, 6.07) is -0.336. The lowest BCUT2D eigenvalue weighted by molar-refractivity contribution is -0.169. The van der Waals surface area contributed by atoms with Gasteiger partial charge in [-0.2, -0.15) is 12.6 Å². The zero-order valence-electron chi connectivity index (χ0n) is 17.0. The Kier molecular flexibility index (Phi) is 12.6. The van der Waals surface area contributed by atoms with Gasteiger partial charge in [0.05, 0.1) is 0 Å². The van der Waals surface area contributed by atoms with Gasteiger partial charge in [0.1, 0.15) is 0 Å². The average molecular weight is 404 g/mol. The number of nitrogens with zero attached hydrogens (tertiary/aromatic N) is 1. The molecule has 0 aromatic rings. The molecule has 7 nitrogen and oxygen atoms in total. The molecule has 3 atom stereocenters. The van der Waals surface area contributed by atoms with E-state index in [4.69, 9.17) is 5.73 Å². The first-order valence-electron chi connectivity index (χ1n) is 9.59. The molecule has 0 aliphatic carbocycles. The molecule has 0 radical (unpaired) electrons. The van der Waals surface area contributed by atoms with Crippen molar-refractivity contribution in [1.29, 1.82) is 0 Å². The lowest BCUT2D eigenvalue weighted by Crippen LogP contribution is -2.66. The smallest absolute Gasteiger partial charge is 0.331 e. The van der Waals surface area contributed by atoms with Crippen molar-refractivity contribution >= 4 is 24.5 Å². The van der Waals surface area contributed by atoms with E-state index in [1.54, 1.807) is 19.9 Å². The number of aliphatic hydroxyl groups is 1. The van der Waals surface area contributed by atoms with Crippen LogP contribution in [-0.4, -0.2) is 57.6 Å². The molecule has 0 aliphatic rings. The second kappa shape index (κ2) is 13.1. The monoisotopic (exact) mass is 403 g/mol. The molecule has 0 saturated carbocycles. The number of aliphatic hydroxyl groups excluding tert-OH is 1. The molecule has 0 spiro atoms. The zero-order valence-corrected chi connectivity index (χ0v) is 17.9. The van der Waals surface area contributed by atoms with Gasteiger partial charge in [-0.3, -0.25) is 9.80 Å². The Balaban J connectivity index is 5.56. The predicted octanol–water partition coefficient (Wildman–Crippen LogP) is 1.82. The van der Waals surface area contributed by atoms with Gasteiger partial charge in [0.15, 0.2) is 5.54 Å². The summed E-state index contributed by atoms with van der Waals surface area (Å²) in [6.45, 7) is 7.55. The second-order valence-corrected chi connectivity index (χ2v) is 7.68. The quantitative estimate of drug-likeness (QED) is 0.172. The highest BCUT2D eigenvalue weighted by Gasteiger charge is 2.49. The average Bonchev–Trinajstić information content (AvgIpc) is 2.63. The molecule has 0 bridgehead atoms. The topological polar surface area (TPSA) is 116 Å². The van der Waals surface area contributed by atoms with Crippen molar-refractivity contribution in [2.75, 3.05) is 18.9 Å². The molecular formula is C19H37N3O4S. The van der Waals surface area contributed by atoms with E-state index in [-0.39, 0.29) is 37.9 Å². The summed E-state index contributed by atoms with van der Waals surface area (Å²) >= 11 is 4.13. The van der Waals surface area contributed by atoms with Gasteiger partial charge in [0.2, 0.25) is 5.91 Å². The lowest BCUT2D eigenvalue weighted by atomic mass is 9.82. The van der Waals surface area contributed by atoms with Crippen LogP contribution in [0.25, 0.3) is 0 Å². The van der Waals surface area contributed by atoms with Crippen LogP contribution in [-0.2, 0) is 9.59 Å². The summed E-state index contributed by atoms with van der Waals surface area (Å²) in [5, 5.41) is 20.6. The Morgan fingerprint density at radius 1 is 1.30 bits per heavy atom. The van der Waals surface area contributed by atoms with E-state index in [9.17, 15) is 19.8 Å². The third-order valence-corrected chi connectivity index (χ3v) is 5.38. The number of nitrogens with two attached hydrogens (primary N) is 1. The number of aliphatic carboxylic acids is 1. The molecule has 1 unspecified atom stereocenters. The van der Waals surface area contributed by atoms with Crippen molar-refractivity contribution in [3.05, 3.63) is 12.2 Å². The number of carbonyl (C=O) groups is 2. The molecular weight excluding hydrogens is 366 g/mol. The number of amides is 1. The van der Waals surface area contributed by atoms with Crippen LogP contribution in [0, 0.1) is 11.8 Å². The van der Waals surface area contributed by atoms with Crippen molar-refractivity contribution in [2.24, 2.45) is 17.6 Å². The van der Waals surface area contributed by atoms with Crippen LogP contribution in [0.1, 0.15) is 53.4 Å². The Morgan fingerprint density at radius 3 is 2.37 bits per heavy atom. The maximum absolute atomic E-state index is 12.9. The summed E-state index contributed by atoms with van der Waals surface area (Å²) in [5.74, 6) is -1.02. The molecule has 0 fully saturated rings. The number of rotatable bonds is 14. The molecule has 5 N–H and O–H groups in total. The number of thiol groups is 1. The van der Waals surface area contributed by atoms with Crippen LogP contribution < -0.4 is 11.2 Å². The number of hydrogen-bond acceptors (Lipinski definition) is 6. The van der Waals surface area contributed by atoms with Gasteiger partial charge in [-0.15, -0.1) is 0 Å². The minimum Gasteiger partial charge on any atom is -0.479 e. The summed E-state index contributed by atoms with van der Waals surface area (Å²) in [4.78, 5) is 25.1. The first-order valence-corrected chi connectivity index (χ1v) is 10.2. The van der Waals surface area contributed by atoms with Crippen LogP contribution in [0.5, 0.6) is 0 Å². The van der Waals surface area contributed by atoms with Crippen molar-refractivity contribution in [3.8, 4) is 0 Å². The molecule has 0 aromatic heterocycles. The summed E-state index contributed by atoms with van der Waals surface area (Å²) in [7, 11) is 0. The van der Waals surface area contributed by atoms with E-state index in [0.717, 1.165) is 17.9 Å². The standard InChI is InChI=1S/C19H37N3O4S/c1-5-15(4)8-6-7-9-17(24)22(21-12-16(20)13-27)19(10-11-23,14(2)3)18(25)26/h6-7,14-16,21,23,27H,5,8-13,20H2,1-4H3,(H,25,26)/b7-6+/t15-,16?,19+/m0/s1. The fourth-order valence-electron chi connectivity index (χ4n) is 2.77. The minimum atomic E-state index is -1.56. The van der Waals surface area contributed by atoms with Gasteiger partial charge in [0, 0.05) is 37.8 Å². The molecule has 1 amide bonds. The summed E-state index contributed by atoms with van der Waals surface area (Å²) < 4.78 is 0. The third kappa shape index (κ3) is 7.81. The fraction of sp³-hybridized carbons (Fsp3) is 0.789. The molecule has 158 valence electrons. The number of carboxylic acid groups (broad SMARTS) is 1. The van der Waals surface area contributed by atoms with Crippen molar-refractivity contribution in [3.63, 3.8) is 0 Å². The number of nitrogens with one attached hydrogen (secondary N) is 1. The van der Waals surface area contributed by atoms with Crippen LogP contribution in [0.2, 0.25) is 0 Å². The van der Waals surface area contributed by atoms with Gasteiger partial charge < -0.3 is 15.9 Å². The zero-order chi connectivity index (χ0) is 21.0. The Labute approximate surface area is 168 Å². The van der Waals surface area contributed by atoms with E-state index < -0.39 is 17.4 Å². The molecule has 0 saturated heterocycles. The van der Waals surface area contributed by atoms with Crippen LogP contribution in [0.4, 0.5) is 0 Å². The number of allylic oxidation sites excluding steroid dienone is 1. The maximum Gasteiger partial charge on any atom is 0.331 e. The van der Waals surface area contributed by atoms with Crippen molar-refractivity contribution in [2.45, 2.75) is 65.0 Å². The Hall–Kier alpha value is -1.09. The van der Waals surface area contributed by atoms with Gasteiger partial charge in [0.25, 0.3) is 0 Å². The van der Waals surface area contributed by atoms with E-state index in [0.29, 0.717) is 11.7 Å². The minimum absolute atomic E-state index is 0.0761. The third-order valence-electron chi connectivity index (χ3n) is 4.91. The highest BCUT2D eigenvalue weighted by Crippen LogP contribution is 2.29. The van der Waals surface area contributed by atoms with Gasteiger partial charge in [-0.1, -0.05) is 46.3 Å². The molecule has 0 heterocycles. The highest BCUT2D eigenvalue weighted by molar-refractivity contribution is 7.80. The van der Waals surface area contributed by atoms with Crippen LogP contribution >= 0.6 is 12.6 Å². The van der Waals surface area contributed by atoms with E-state index in [1.807, 2.05) is 6.08 Å². The van der Waals surface area contributed by atoms with Crippen LogP contribution in [0.3, 0.4) is 0 Å². The predicted molar refractivity (Wildman–Crippen MR) is 111 cm³/mol. The number of carbonyl (C=O) groups excluding carboxylic acids is 1. The molecule has 0 rings (SSSR count). The first kappa shape index (κ1) is 25.9. The molecule has 0 aliphatic heterocycles. The van der Waals surface area contributed by atoms with Gasteiger partial charge in [-0.25, -0.2) is 10.2 Å². The number of hydrogen-bond donors (Lipinski definition) is 5. The van der Waals surface area contributed by atoms with Crippen LogP contribution in [0.15, 0.2) is 12.2 Å². The maximum atomic E-state index is 12.9. The van der Waals surface area contributed by atoms with E-state index >= 15 is 0 Å². The number of hydrazine groups is 1. The fourth-order valence-corrected chi connectivity index (χ4v) is 2.90. The summed E-state index contributed by atoms with van der Waals surface area (Å²) in [6.07, 6.45) is 5.64. The normalized spacial score (nSPS) is 16.3. The lowest BCUT2D eigenvalue weighted by Gasteiger charge is -2.43. The number of carboxylic acids is 1. The first-order chi connectivity index (χ1) is 12.7. The van der Waals surface area contributed by atoms with Gasteiger partial charge >= 0.3 is 5.97 Å². The highest BCUT2D eigenvalue weighted by atomic mass is 32.1. The van der Waals surface area contributed by atoms with Gasteiger partial charge in [-0.05, 0) is 18.3 Å². The SMILES string of the molecule is CC[C@H](C)C/C=C/CC(=O)N(NCC(N)CS)[C@@](CCO)(C(=O)O)C(C)C. The molecule has 27 heavy (non-hydrogen) atoms.